The third kappa shape index (κ3) is 8.42. The van der Waals surface area contributed by atoms with Crippen molar-refractivity contribution in [2.45, 2.75) is 27.7 Å². The van der Waals surface area contributed by atoms with Crippen molar-refractivity contribution >= 4 is 19.4 Å². The van der Waals surface area contributed by atoms with Gasteiger partial charge in [0.1, 0.15) is 24.7 Å². The molecular weight excluding hydrogens is 394 g/mol. The minimum atomic E-state index is -0.0268. The number of rotatable bonds is 13. The first-order valence-electron chi connectivity index (χ1n) is 9.99. The van der Waals surface area contributed by atoms with E-state index in [1.807, 2.05) is 64.1 Å². The second kappa shape index (κ2) is 14.6. The van der Waals surface area contributed by atoms with Crippen molar-refractivity contribution in [2.24, 2.45) is 0 Å². The van der Waals surface area contributed by atoms with Crippen LogP contribution in [0.2, 0.25) is 0 Å². The van der Waals surface area contributed by atoms with Crippen LogP contribution in [0.5, 0.6) is 11.5 Å². The molecule has 5 nitrogen and oxygen atoms in total. The molecule has 0 aliphatic carbocycles. The van der Waals surface area contributed by atoms with Gasteiger partial charge in [0.25, 0.3) is 0 Å². The van der Waals surface area contributed by atoms with Crippen LogP contribution in [0, 0.1) is 13.8 Å². The van der Waals surface area contributed by atoms with E-state index in [2.05, 4.69) is 0 Å². The zero-order valence-electron chi connectivity index (χ0n) is 19.7. The molecule has 2 aromatic rings. The molecule has 1 atom stereocenters. The van der Waals surface area contributed by atoms with E-state index in [-0.39, 0.29) is 34.4 Å². The number of hydrogen-bond acceptors (Lipinski definition) is 5. The average molecular weight is 426 g/mol. The van der Waals surface area contributed by atoms with Gasteiger partial charge < -0.3 is 20.4 Å². The molecule has 0 fully saturated rings. The predicted molar refractivity (Wildman–Crippen MR) is 120 cm³/mol. The van der Waals surface area contributed by atoms with Gasteiger partial charge in [-0.3, -0.25) is 4.79 Å². The Hall–Kier alpha value is -1.34. The van der Waals surface area contributed by atoms with Gasteiger partial charge in [-0.05, 0) is 59.5 Å². The van der Waals surface area contributed by atoms with E-state index in [9.17, 15) is 4.79 Å². The molecule has 1 unspecified atom stereocenters. The zero-order chi connectivity index (χ0) is 21.1. The van der Waals surface area contributed by atoms with E-state index < -0.39 is 0 Å². The maximum absolute atomic E-state index is 13.0. The van der Waals surface area contributed by atoms with Gasteiger partial charge in [-0.25, -0.2) is 0 Å². The molecule has 7 heteroatoms. The number of carbonyl (C=O) groups is 1. The molecule has 0 bridgehead atoms. The smallest absolute Gasteiger partial charge is 1.00 e. The van der Waals surface area contributed by atoms with Crippen molar-refractivity contribution in [1.82, 2.24) is 0 Å². The van der Waals surface area contributed by atoms with Crippen molar-refractivity contribution in [3.63, 3.8) is 0 Å². The third-order valence-corrected chi connectivity index (χ3v) is 5.46. The van der Waals surface area contributed by atoms with Crippen molar-refractivity contribution in [3.8, 4) is 11.5 Å². The van der Waals surface area contributed by atoms with Crippen LogP contribution >= 0.6 is 8.58 Å². The van der Waals surface area contributed by atoms with Gasteiger partial charge in [-0.2, -0.15) is 0 Å². The zero-order valence-corrected chi connectivity index (χ0v) is 19.7. The molecule has 0 aliphatic heterocycles. The first-order chi connectivity index (χ1) is 14.1. The Bertz CT molecular complexity index is 783. The predicted octanol–water partition coefficient (Wildman–Crippen LogP) is 1.39. The summed E-state index contributed by atoms with van der Waals surface area (Å²) < 4.78 is 22.3. The monoisotopic (exact) mass is 426 g/mol. The molecule has 0 saturated carbocycles. The second-order valence-corrected chi connectivity index (χ2v) is 7.71. The van der Waals surface area contributed by atoms with Crippen LogP contribution in [-0.4, -0.2) is 45.2 Å². The summed E-state index contributed by atoms with van der Waals surface area (Å²) in [5.74, 6) is 1.36. The minimum absolute atomic E-state index is 0. The van der Waals surface area contributed by atoms with Crippen molar-refractivity contribution in [1.29, 1.82) is 0 Å². The van der Waals surface area contributed by atoms with Gasteiger partial charge in [0.05, 0.1) is 13.2 Å². The Labute approximate surface area is 195 Å². The SMILES string of the molecule is CCOCCOc1ccc(PC(=O)c2c(C)cccc2C)c(OCCOCC)c1.[H-].[Li+]. The van der Waals surface area contributed by atoms with Gasteiger partial charge in [0, 0.05) is 30.1 Å². The Balaban J connectivity index is 0.00000450. The molecule has 2 rings (SSSR count). The van der Waals surface area contributed by atoms with Crippen LogP contribution in [0.4, 0.5) is 0 Å². The molecule has 0 heterocycles. The summed E-state index contributed by atoms with van der Waals surface area (Å²) in [7, 11) is -0.0268. The summed E-state index contributed by atoms with van der Waals surface area (Å²) in [4.78, 5) is 13.0. The Morgan fingerprint density at radius 3 is 2.10 bits per heavy atom. The molecule has 0 amide bonds. The van der Waals surface area contributed by atoms with Crippen molar-refractivity contribution < 1.29 is 44.0 Å². The van der Waals surface area contributed by atoms with E-state index in [0.29, 0.717) is 51.1 Å². The molecule has 0 aliphatic rings. The number of carbonyl (C=O) groups excluding carboxylic acids is 1. The van der Waals surface area contributed by atoms with Crippen molar-refractivity contribution in [2.75, 3.05) is 39.6 Å². The van der Waals surface area contributed by atoms with Gasteiger partial charge in [-0.15, -0.1) is 0 Å². The van der Waals surface area contributed by atoms with Gasteiger partial charge in [0.15, 0.2) is 5.52 Å². The van der Waals surface area contributed by atoms with Gasteiger partial charge >= 0.3 is 18.9 Å². The minimum Gasteiger partial charge on any atom is -1.00 e. The largest absolute Gasteiger partial charge is 1.00 e. The van der Waals surface area contributed by atoms with Crippen molar-refractivity contribution in [3.05, 3.63) is 53.1 Å². The quantitative estimate of drug-likeness (QED) is 0.275. The van der Waals surface area contributed by atoms with Crippen LogP contribution in [0.3, 0.4) is 0 Å². The second-order valence-electron chi connectivity index (χ2n) is 6.47. The van der Waals surface area contributed by atoms with Crippen LogP contribution in [0.1, 0.15) is 36.8 Å². The van der Waals surface area contributed by atoms with E-state index in [1.165, 1.54) is 0 Å². The summed E-state index contributed by atoms with van der Waals surface area (Å²) in [5.41, 5.74) is 2.90. The maximum Gasteiger partial charge on any atom is 1.00 e. The average Bonchev–Trinajstić information content (AvgIpc) is 2.70. The molecule has 0 aromatic heterocycles. The molecule has 0 N–H and O–H groups in total. The number of ether oxygens (including phenoxy) is 4. The van der Waals surface area contributed by atoms with Crippen LogP contribution < -0.4 is 33.6 Å². The molecule has 0 saturated heterocycles. The number of benzene rings is 2. The summed E-state index contributed by atoms with van der Waals surface area (Å²) in [5, 5.41) is 0.867. The topological polar surface area (TPSA) is 54.0 Å². The Morgan fingerprint density at radius 2 is 1.50 bits per heavy atom. The fourth-order valence-electron chi connectivity index (χ4n) is 2.89. The Kier molecular flexibility index (Phi) is 13.0. The van der Waals surface area contributed by atoms with E-state index in [1.54, 1.807) is 0 Å². The van der Waals surface area contributed by atoms with Gasteiger partial charge in [0.2, 0.25) is 0 Å². The van der Waals surface area contributed by atoms with Crippen LogP contribution in [-0.2, 0) is 9.47 Å². The van der Waals surface area contributed by atoms with E-state index >= 15 is 0 Å². The third-order valence-electron chi connectivity index (χ3n) is 4.30. The van der Waals surface area contributed by atoms with Crippen LogP contribution in [0.25, 0.3) is 0 Å². The first-order valence-corrected chi connectivity index (χ1v) is 11.0. The van der Waals surface area contributed by atoms with Crippen LogP contribution in [0.15, 0.2) is 36.4 Å². The summed E-state index contributed by atoms with van der Waals surface area (Å²) in [6, 6.07) is 11.6. The molecule has 0 spiro atoms. The first kappa shape index (κ1) is 26.7. The normalized spacial score (nSPS) is 10.8. The summed E-state index contributed by atoms with van der Waals surface area (Å²) >= 11 is 0. The standard InChI is InChI=1S/C23H31O5P.Li.H/c1-5-25-12-14-27-19-10-11-21(20(16-19)28-15-13-26-6-2)29-23(24)22-17(3)8-7-9-18(22)4;;/h7-11,16,29H,5-6,12-15H2,1-4H3;;/q;+1;-1. The Morgan fingerprint density at radius 1 is 0.900 bits per heavy atom. The fraction of sp³-hybridized carbons (Fsp3) is 0.435. The number of hydrogen-bond donors (Lipinski definition) is 0. The van der Waals surface area contributed by atoms with E-state index in [0.717, 1.165) is 22.0 Å². The number of aryl methyl sites for hydroxylation is 2. The van der Waals surface area contributed by atoms with E-state index in [4.69, 9.17) is 18.9 Å². The maximum atomic E-state index is 13.0. The summed E-state index contributed by atoms with van der Waals surface area (Å²) in [6.07, 6.45) is 0. The van der Waals surface area contributed by atoms with Gasteiger partial charge in [-0.1, -0.05) is 18.2 Å². The molecular formula is C23H32LiO5P. The fourth-order valence-corrected chi connectivity index (χ4v) is 4.09. The molecule has 0 radical (unpaired) electrons. The molecule has 2 aromatic carbocycles. The summed E-state index contributed by atoms with van der Waals surface area (Å²) in [6.45, 7) is 11.1. The molecule has 160 valence electrons. The molecule has 30 heavy (non-hydrogen) atoms.